The van der Waals surface area contributed by atoms with Crippen LogP contribution in [-0.2, 0) is 19.1 Å². The van der Waals surface area contributed by atoms with Crippen molar-refractivity contribution in [3.63, 3.8) is 0 Å². The maximum Gasteiger partial charge on any atom is 0.332 e. The van der Waals surface area contributed by atoms with Gasteiger partial charge in [0.05, 0.1) is 19.3 Å². The van der Waals surface area contributed by atoms with Crippen molar-refractivity contribution in [2.45, 2.75) is 39.2 Å². The Labute approximate surface area is 120 Å². The van der Waals surface area contributed by atoms with E-state index in [0.717, 1.165) is 25.9 Å². The van der Waals surface area contributed by atoms with Crippen LogP contribution in [0, 0.1) is 0 Å². The van der Waals surface area contributed by atoms with Gasteiger partial charge in [0.2, 0.25) is 5.91 Å². The van der Waals surface area contributed by atoms with E-state index in [0.29, 0.717) is 19.8 Å². The molecule has 0 saturated carbocycles. The van der Waals surface area contributed by atoms with E-state index >= 15 is 0 Å². The van der Waals surface area contributed by atoms with E-state index in [-0.39, 0.29) is 24.5 Å². The molecule has 0 radical (unpaired) electrons. The van der Waals surface area contributed by atoms with Crippen molar-refractivity contribution in [1.29, 1.82) is 0 Å². The SMILES string of the molecule is CCOC(=O)COCCNC(C)C(=O)N1CCCCC1. The van der Waals surface area contributed by atoms with Gasteiger partial charge in [-0.2, -0.15) is 0 Å². The van der Waals surface area contributed by atoms with Crippen LogP contribution in [0.25, 0.3) is 0 Å². The summed E-state index contributed by atoms with van der Waals surface area (Å²) >= 11 is 0. The van der Waals surface area contributed by atoms with Crippen molar-refractivity contribution in [3.8, 4) is 0 Å². The van der Waals surface area contributed by atoms with Gasteiger partial charge in [-0.15, -0.1) is 0 Å². The number of piperidine rings is 1. The molecule has 1 unspecified atom stereocenters. The fraction of sp³-hybridized carbons (Fsp3) is 0.857. The first-order valence-corrected chi connectivity index (χ1v) is 7.40. The summed E-state index contributed by atoms with van der Waals surface area (Å²) in [5.74, 6) is -0.208. The molecule has 1 heterocycles. The second-order valence-electron chi connectivity index (χ2n) is 4.92. The predicted octanol–water partition coefficient (Wildman–Crippen LogP) is 0.557. The van der Waals surface area contributed by atoms with E-state index in [1.165, 1.54) is 6.42 Å². The molecule has 1 rings (SSSR count). The number of amides is 1. The number of nitrogens with one attached hydrogen (secondary N) is 1. The molecular weight excluding hydrogens is 260 g/mol. The lowest BCUT2D eigenvalue weighted by atomic mass is 10.1. The number of carbonyl (C=O) groups is 2. The third-order valence-electron chi connectivity index (χ3n) is 3.26. The number of likely N-dealkylation sites (tertiary alicyclic amines) is 1. The van der Waals surface area contributed by atoms with E-state index in [4.69, 9.17) is 9.47 Å². The van der Waals surface area contributed by atoms with Crippen molar-refractivity contribution >= 4 is 11.9 Å². The molecule has 116 valence electrons. The minimum Gasteiger partial charge on any atom is -0.464 e. The molecular formula is C14H26N2O4. The number of rotatable bonds is 8. The zero-order chi connectivity index (χ0) is 14.8. The molecule has 0 aromatic carbocycles. The average Bonchev–Trinajstić information content (AvgIpc) is 2.47. The molecule has 1 N–H and O–H groups in total. The molecule has 0 spiro atoms. The zero-order valence-electron chi connectivity index (χ0n) is 12.5. The average molecular weight is 286 g/mol. The summed E-state index contributed by atoms with van der Waals surface area (Å²) < 4.78 is 9.90. The summed E-state index contributed by atoms with van der Waals surface area (Å²) in [6.07, 6.45) is 3.41. The standard InChI is InChI=1S/C14H26N2O4/c1-3-20-13(17)11-19-10-7-15-12(2)14(18)16-8-5-4-6-9-16/h12,15H,3-11H2,1-2H3. The molecule has 1 atom stereocenters. The van der Waals surface area contributed by atoms with Gasteiger partial charge in [0.15, 0.2) is 0 Å². The topological polar surface area (TPSA) is 67.9 Å². The predicted molar refractivity (Wildman–Crippen MR) is 75.3 cm³/mol. The number of ether oxygens (including phenoxy) is 2. The van der Waals surface area contributed by atoms with E-state index < -0.39 is 0 Å². The molecule has 20 heavy (non-hydrogen) atoms. The smallest absolute Gasteiger partial charge is 0.332 e. The number of hydrogen-bond donors (Lipinski definition) is 1. The minimum absolute atomic E-state index is 0.0377. The van der Waals surface area contributed by atoms with Gasteiger partial charge >= 0.3 is 5.97 Å². The van der Waals surface area contributed by atoms with Gasteiger partial charge < -0.3 is 19.7 Å². The van der Waals surface area contributed by atoms with E-state index in [1.54, 1.807) is 6.92 Å². The Balaban J connectivity index is 2.08. The summed E-state index contributed by atoms with van der Waals surface area (Å²) in [5.41, 5.74) is 0. The summed E-state index contributed by atoms with van der Waals surface area (Å²) in [6.45, 7) is 6.60. The van der Waals surface area contributed by atoms with Gasteiger partial charge in [-0.25, -0.2) is 4.79 Å². The van der Waals surface area contributed by atoms with Crippen molar-refractivity contribution in [3.05, 3.63) is 0 Å². The normalized spacial score (nSPS) is 16.8. The Morgan fingerprint density at radius 2 is 1.95 bits per heavy atom. The first kappa shape index (κ1) is 16.9. The maximum atomic E-state index is 12.1. The van der Waals surface area contributed by atoms with Gasteiger partial charge in [0.1, 0.15) is 6.61 Å². The first-order chi connectivity index (χ1) is 9.65. The Morgan fingerprint density at radius 1 is 1.25 bits per heavy atom. The van der Waals surface area contributed by atoms with Crippen molar-refractivity contribution in [2.24, 2.45) is 0 Å². The Morgan fingerprint density at radius 3 is 2.60 bits per heavy atom. The monoisotopic (exact) mass is 286 g/mol. The second kappa shape index (κ2) is 9.72. The minimum atomic E-state index is -0.357. The summed E-state index contributed by atoms with van der Waals surface area (Å²) in [6, 6.07) is -0.209. The van der Waals surface area contributed by atoms with Gasteiger partial charge in [-0.3, -0.25) is 4.79 Å². The molecule has 1 fully saturated rings. The lowest BCUT2D eigenvalue weighted by Crippen LogP contribution is -2.47. The van der Waals surface area contributed by atoms with Crippen LogP contribution >= 0.6 is 0 Å². The number of nitrogens with zero attached hydrogens (tertiary/aromatic N) is 1. The van der Waals surface area contributed by atoms with E-state index in [1.807, 2.05) is 11.8 Å². The van der Waals surface area contributed by atoms with Gasteiger partial charge in [0.25, 0.3) is 0 Å². The van der Waals surface area contributed by atoms with Crippen molar-refractivity contribution in [2.75, 3.05) is 39.5 Å². The summed E-state index contributed by atoms with van der Waals surface area (Å²) in [4.78, 5) is 25.0. The lowest BCUT2D eigenvalue weighted by Gasteiger charge is -2.29. The van der Waals surface area contributed by atoms with Crippen LogP contribution in [0.4, 0.5) is 0 Å². The zero-order valence-corrected chi connectivity index (χ0v) is 12.5. The van der Waals surface area contributed by atoms with E-state index in [9.17, 15) is 9.59 Å². The van der Waals surface area contributed by atoms with Crippen LogP contribution in [0.3, 0.4) is 0 Å². The molecule has 1 saturated heterocycles. The number of carbonyl (C=O) groups excluding carboxylic acids is 2. The Bertz CT molecular complexity index is 304. The molecule has 0 aromatic heterocycles. The van der Waals surface area contributed by atoms with Crippen LogP contribution < -0.4 is 5.32 Å². The van der Waals surface area contributed by atoms with Crippen LogP contribution in [0.2, 0.25) is 0 Å². The fourth-order valence-electron chi connectivity index (χ4n) is 2.18. The summed E-state index contributed by atoms with van der Waals surface area (Å²) in [7, 11) is 0. The Hall–Kier alpha value is -1.14. The highest BCUT2D eigenvalue weighted by molar-refractivity contribution is 5.81. The highest BCUT2D eigenvalue weighted by atomic mass is 16.6. The van der Waals surface area contributed by atoms with Crippen LogP contribution in [0.5, 0.6) is 0 Å². The lowest BCUT2D eigenvalue weighted by molar-refractivity contribution is -0.148. The highest BCUT2D eigenvalue weighted by Crippen LogP contribution is 2.09. The molecule has 1 aliphatic rings. The molecule has 1 amide bonds. The quantitative estimate of drug-likeness (QED) is 0.521. The molecule has 0 bridgehead atoms. The first-order valence-electron chi connectivity index (χ1n) is 7.40. The molecule has 6 heteroatoms. The third kappa shape index (κ3) is 6.34. The van der Waals surface area contributed by atoms with Crippen molar-refractivity contribution in [1.82, 2.24) is 10.2 Å². The molecule has 0 aliphatic carbocycles. The largest absolute Gasteiger partial charge is 0.464 e. The van der Waals surface area contributed by atoms with Crippen LogP contribution in [-0.4, -0.2) is 62.3 Å². The van der Waals surface area contributed by atoms with Crippen LogP contribution in [0.15, 0.2) is 0 Å². The van der Waals surface area contributed by atoms with Gasteiger partial charge in [0, 0.05) is 19.6 Å². The third-order valence-corrected chi connectivity index (χ3v) is 3.26. The van der Waals surface area contributed by atoms with E-state index in [2.05, 4.69) is 5.32 Å². The fourth-order valence-corrected chi connectivity index (χ4v) is 2.18. The number of hydrogen-bond acceptors (Lipinski definition) is 5. The van der Waals surface area contributed by atoms with Gasteiger partial charge in [-0.1, -0.05) is 0 Å². The number of esters is 1. The molecule has 0 aromatic rings. The Kier molecular flexibility index (Phi) is 8.22. The van der Waals surface area contributed by atoms with Gasteiger partial charge in [-0.05, 0) is 33.1 Å². The second-order valence-corrected chi connectivity index (χ2v) is 4.92. The van der Waals surface area contributed by atoms with Crippen molar-refractivity contribution < 1.29 is 19.1 Å². The highest BCUT2D eigenvalue weighted by Gasteiger charge is 2.21. The van der Waals surface area contributed by atoms with Crippen LogP contribution in [0.1, 0.15) is 33.1 Å². The summed E-state index contributed by atoms with van der Waals surface area (Å²) in [5, 5.41) is 3.12. The molecule has 6 nitrogen and oxygen atoms in total. The molecule has 1 aliphatic heterocycles. The maximum absolute atomic E-state index is 12.1.